The predicted octanol–water partition coefficient (Wildman–Crippen LogP) is 6.21. The summed E-state index contributed by atoms with van der Waals surface area (Å²) in [5.41, 5.74) is -0.587. The maximum absolute atomic E-state index is 14.0. The van der Waals surface area contributed by atoms with E-state index in [0.29, 0.717) is 32.6 Å². The molecule has 1 atom stereocenters. The van der Waals surface area contributed by atoms with Crippen molar-refractivity contribution in [2.75, 3.05) is 23.7 Å². The number of carbonyl (C=O) groups is 2. The van der Waals surface area contributed by atoms with E-state index < -0.39 is 51.9 Å². The molecule has 0 bridgehead atoms. The smallest absolute Gasteiger partial charge is 0.355 e. The molecule has 226 valence electrons. The Morgan fingerprint density at radius 1 is 0.952 bits per heavy atom. The molecule has 1 N–H and O–H groups in total. The number of halogens is 6. The third-order valence-electron chi connectivity index (χ3n) is 6.20. The van der Waals surface area contributed by atoms with Crippen molar-refractivity contribution in [3.8, 4) is 0 Å². The normalized spacial score (nSPS) is 12.5. The Labute approximate surface area is 257 Å². The van der Waals surface area contributed by atoms with Gasteiger partial charge in [-0.25, -0.2) is 8.42 Å². The first-order valence-corrected chi connectivity index (χ1v) is 15.5. The number of alkyl halides is 3. The van der Waals surface area contributed by atoms with Crippen LogP contribution in [-0.4, -0.2) is 50.5 Å². The number of hydrogen-bond donors (Lipinski definition) is 1. The maximum atomic E-state index is 14.0. The van der Waals surface area contributed by atoms with E-state index in [0.717, 1.165) is 17.2 Å². The largest absolute Gasteiger partial charge is 0.416 e. The van der Waals surface area contributed by atoms with Crippen molar-refractivity contribution in [2.45, 2.75) is 32.1 Å². The fourth-order valence-electron chi connectivity index (χ4n) is 4.15. The van der Waals surface area contributed by atoms with Gasteiger partial charge in [-0.3, -0.25) is 13.9 Å². The molecule has 0 aliphatic carbocycles. The fraction of sp³-hybridized carbons (Fsp3) is 0.286. The molecule has 42 heavy (non-hydrogen) atoms. The summed E-state index contributed by atoms with van der Waals surface area (Å²) in [4.78, 5) is 28.5. The van der Waals surface area contributed by atoms with Gasteiger partial charge in [0.25, 0.3) is 0 Å². The second-order valence-corrected chi connectivity index (χ2v) is 12.4. The van der Waals surface area contributed by atoms with E-state index in [2.05, 4.69) is 5.32 Å². The van der Waals surface area contributed by atoms with Crippen molar-refractivity contribution in [3.63, 3.8) is 0 Å². The molecule has 0 radical (unpaired) electrons. The predicted molar refractivity (Wildman–Crippen MR) is 158 cm³/mol. The van der Waals surface area contributed by atoms with Crippen LogP contribution in [0.1, 0.15) is 23.6 Å². The molecule has 0 heterocycles. The number of likely N-dealkylation sites (N-methyl/N-ethyl adjacent to an activating group) is 1. The highest BCUT2D eigenvalue weighted by molar-refractivity contribution is 7.92. The van der Waals surface area contributed by atoms with Crippen LogP contribution in [0.2, 0.25) is 15.1 Å². The van der Waals surface area contributed by atoms with Gasteiger partial charge in [-0.2, -0.15) is 13.2 Å². The molecule has 3 rings (SSSR count). The first-order valence-electron chi connectivity index (χ1n) is 12.5. The van der Waals surface area contributed by atoms with Crippen LogP contribution in [0, 0.1) is 0 Å². The third kappa shape index (κ3) is 8.76. The van der Waals surface area contributed by atoms with Crippen molar-refractivity contribution in [1.29, 1.82) is 0 Å². The van der Waals surface area contributed by atoms with Crippen LogP contribution in [0.25, 0.3) is 0 Å². The van der Waals surface area contributed by atoms with Gasteiger partial charge < -0.3 is 10.2 Å². The van der Waals surface area contributed by atoms with E-state index in [1.165, 1.54) is 12.1 Å². The number of rotatable bonds is 11. The van der Waals surface area contributed by atoms with Gasteiger partial charge in [0.2, 0.25) is 21.8 Å². The van der Waals surface area contributed by atoms with Crippen LogP contribution in [0.15, 0.2) is 66.7 Å². The summed E-state index contributed by atoms with van der Waals surface area (Å²) in [7, 11) is -4.34. The topological polar surface area (TPSA) is 86.8 Å². The average molecular weight is 665 g/mol. The van der Waals surface area contributed by atoms with Gasteiger partial charge in [0.05, 0.1) is 22.5 Å². The molecule has 0 saturated carbocycles. The van der Waals surface area contributed by atoms with Gasteiger partial charge in [-0.1, -0.05) is 71.2 Å². The van der Waals surface area contributed by atoms with Crippen LogP contribution >= 0.6 is 34.8 Å². The number of nitrogens with one attached hydrogen (secondary N) is 1. The Morgan fingerprint density at radius 3 is 2.19 bits per heavy atom. The first kappa shape index (κ1) is 33.5. The Balaban J connectivity index is 2.13. The van der Waals surface area contributed by atoms with Gasteiger partial charge in [0.1, 0.15) is 12.6 Å². The second-order valence-electron chi connectivity index (χ2n) is 9.29. The van der Waals surface area contributed by atoms with Crippen molar-refractivity contribution in [2.24, 2.45) is 0 Å². The van der Waals surface area contributed by atoms with Gasteiger partial charge >= 0.3 is 6.18 Å². The minimum atomic E-state index is -4.80. The molecule has 3 aromatic carbocycles. The van der Waals surface area contributed by atoms with Crippen LogP contribution in [0.4, 0.5) is 18.9 Å². The molecule has 7 nitrogen and oxygen atoms in total. The molecule has 2 amide bonds. The van der Waals surface area contributed by atoms with Gasteiger partial charge in [0, 0.05) is 29.6 Å². The van der Waals surface area contributed by atoms with Crippen molar-refractivity contribution in [3.05, 3.63) is 98.5 Å². The average Bonchev–Trinajstić information content (AvgIpc) is 2.90. The van der Waals surface area contributed by atoms with Crippen molar-refractivity contribution >= 4 is 62.3 Å². The zero-order valence-electron chi connectivity index (χ0n) is 22.5. The molecular formula is C28H27Cl3F3N3O4S. The number of sulfonamides is 1. The molecule has 0 aromatic heterocycles. The molecule has 0 fully saturated rings. The summed E-state index contributed by atoms with van der Waals surface area (Å²) in [6.45, 7) is 0.747. The molecule has 3 aromatic rings. The molecule has 0 unspecified atom stereocenters. The lowest BCUT2D eigenvalue weighted by atomic mass is 10.0. The first-order chi connectivity index (χ1) is 19.6. The number of benzene rings is 3. The van der Waals surface area contributed by atoms with Crippen molar-refractivity contribution in [1.82, 2.24) is 10.2 Å². The third-order valence-corrected chi connectivity index (χ3v) is 8.23. The van der Waals surface area contributed by atoms with E-state index in [4.69, 9.17) is 34.8 Å². The highest BCUT2D eigenvalue weighted by atomic mass is 35.5. The van der Waals surface area contributed by atoms with Crippen LogP contribution in [-0.2, 0) is 38.8 Å². The number of nitrogens with zero attached hydrogens (tertiary/aromatic N) is 2. The Kier molecular flexibility index (Phi) is 11.2. The summed E-state index contributed by atoms with van der Waals surface area (Å²) in [5.74, 6) is -1.41. The van der Waals surface area contributed by atoms with Gasteiger partial charge in [-0.15, -0.1) is 0 Å². The lowest BCUT2D eigenvalue weighted by molar-refractivity contribution is -0.140. The molecule has 0 aliphatic rings. The van der Waals surface area contributed by atoms with Crippen LogP contribution < -0.4 is 9.62 Å². The number of carbonyl (C=O) groups excluding carboxylic acids is 2. The SMILES string of the molecule is CCNC(=O)[C@@H](Cc1ccccc1)N(Cc1ccc(Cl)cc1Cl)C(=O)CN(c1cc(C(F)(F)F)ccc1Cl)S(C)(=O)=O. The Bertz CT molecular complexity index is 1540. The maximum Gasteiger partial charge on any atom is 0.416 e. The number of anilines is 1. The zero-order chi connectivity index (χ0) is 31.2. The monoisotopic (exact) mass is 663 g/mol. The van der Waals surface area contributed by atoms with E-state index in [-0.39, 0.29) is 29.6 Å². The minimum absolute atomic E-state index is 0.0484. The number of amides is 2. The van der Waals surface area contributed by atoms with E-state index in [1.54, 1.807) is 43.3 Å². The minimum Gasteiger partial charge on any atom is -0.355 e. The highest BCUT2D eigenvalue weighted by Gasteiger charge is 2.36. The van der Waals surface area contributed by atoms with Crippen molar-refractivity contribution < 1.29 is 31.2 Å². The summed E-state index contributed by atoms with van der Waals surface area (Å²) < 4.78 is 66.6. The quantitative estimate of drug-likeness (QED) is 0.264. The van der Waals surface area contributed by atoms with Gasteiger partial charge in [0.15, 0.2) is 0 Å². The molecule has 0 spiro atoms. The Morgan fingerprint density at radius 2 is 1.62 bits per heavy atom. The highest BCUT2D eigenvalue weighted by Crippen LogP contribution is 2.36. The Hall–Kier alpha value is -2.99. The lowest BCUT2D eigenvalue weighted by Crippen LogP contribution is -2.53. The lowest BCUT2D eigenvalue weighted by Gasteiger charge is -2.34. The summed E-state index contributed by atoms with van der Waals surface area (Å²) in [6.07, 6.45) is -4.02. The van der Waals surface area contributed by atoms with E-state index in [9.17, 15) is 31.2 Å². The molecule has 14 heteroatoms. The zero-order valence-corrected chi connectivity index (χ0v) is 25.5. The molecule has 0 aliphatic heterocycles. The molecule has 0 saturated heterocycles. The van der Waals surface area contributed by atoms with E-state index in [1.807, 2.05) is 0 Å². The molecular weight excluding hydrogens is 638 g/mol. The van der Waals surface area contributed by atoms with E-state index >= 15 is 0 Å². The van der Waals surface area contributed by atoms with Gasteiger partial charge in [-0.05, 0) is 48.4 Å². The fourth-order valence-corrected chi connectivity index (χ4v) is 5.75. The van der Waals surface area contributed by atoms with Crippen LogP contribution in [0.3, 0.4) is 0 Å². The second kappa shape index (κ2) is 14.0. The number of hydrogen-bond acceptors (Lipinski definition) is 4. The summed E-state index contributed by atoms with van der Waals surface area (Å²) in [6, 6.07) is 14.4. The summed E-state index contributed by atoms with van der Waals surface area (Å²) >= 11 is 18.6. The van der Waals surface area contributed by atoms with Crippen LogP contribution in [0.5, 0.6) is 0 Å². The summed E-state index contributed by atoms with van der Waals surface area (Å²) in [5, 5.41) is 2.89. The standard InChI is InChI=1S/C28H27Cl3F3N3O4S/c1-3-35-27(39)25(13-18-7-5-4-6-8-18)36(16-19-9-11-21(29)15-23(19)31)26(38)17-37(42(2,40)41)24-14-20(28(32,33)34)10-12-22(24)30/h4-12,14-15,25H,3,13,16-17H2,1-2H3,(H,35,39)/t25-/m1/s1.